The van der Waals surface area contributed by atoms with E-state index < -0.39 is 0 Å². The maximum Gasteiger partial charge on any atom is 0.276 e. The number of amides is 1. The first-order chi connectivity index (χ1) is 13.1. The van der Waals surface area contributed by atoms with Crippen molar-refractivity contribution in [3.8, 4) is 5.75 Å². The van der Waals surface area contributed by atoms with Crippen molar-refractivity contribution in [1.29, 1.82) is 0 Å². The number of nitrogens with zero attached hydrogens (tertiary/aromatic N) is 2. The molecule has 0 spiro atoms. The van der Waals surface area contributed by atoms with Crippen molar-refractivity contribution in [2.45, 2.75) is 19.3 Å². The van der Waals surface area contributed by atoms with Crippen LogP contribution in [0.25, 0.3) is 0 Å². The fourth-order valence-corrected chi connectivity index (χ4v) is 3.11. The van der Waals surface area contributed by atoms with Crippen molar-refractivity contribution < 1.29 is 14.3 Å². The van der Waals surface area contributed by atoms with Gasteiger partial charge in [-0.25, -0.2) is 0 Å². The summed E-state index contributed by atoms with van der Waals surface area (Å²) in [7, 11) is 1.60. The summed E-state index contributed by atoms with van der Waals surface area (Å²) in [4.78, 5) is 12.5. The molecule has 0 bridgehead atoms. The van der Waals surface area contributed by atoms with Crippen LogP contribution in [-0.2, 0) is 17.9 Å². The highest BCUT2D eigenvalue weighted by Crippen LogP contribution is 2.27. The quantitative estimate of drug-likeness (QED) is 0.737. The average Bonchev–Trinajstić information content (AvgIpc) is 3.13. The molecule has 0 radical (unpaired) electrons. The summed E-state index contributed by atoms with van der Waals surface area (Å²) < 4.78 is 12.9. The van der Waals surface area contributed by atoms with Gasteiger partial charge in [0.1, 0.15) is 11.9 Å². The van der Waals surface area contributed by atoms with Crippen molar-refractivity contribution in [3.05, 3.63) is 76.6 Å². The molecular weight excluding hydrogens is 366 g/mol. The molecule has 27 heavy (non-hydrogen) atoms. The van der Waals surface area contributed by atoms with Gasteiger partial charge in [-0.2, -0.15) is 5.10 Å². The molecule has 1 atom stereocenters. The van der Waals surface area contributed by atoms with E-state index in [2.05, 4.69) is 10.4 Å². The van der Waals surface area contributed by atoms with E-state index in [9.17, 15) is 4.79 Å². The Hall–Kier alpha value is -2.83. The first-order valence-electron chi connectivity index (χ1n) is 8.51. The lowest BCUT2D eigenvalue weighted by Gasteiger charge is -2.24. The molecule has 2 aromatic carbocycles. The number of fused-ring (bicyclic) bond motifs is 1. The smallest absolute Gasteiger partial charge is 0.276 e. The third kappa shape index (κ3) is 3.82. The summed E-state index contributed by atoms with van der Waals surface area (Å²) in [5, 5.41) is 7.98. The number of carbonyl (C=O) groups excluding carboxylic acids is 1. The van der Waals surface area contributed by atoms with Gasteiger partial charge in [-0.3, -0.25) is 9.48 Å². The van der Waals surface area contributed by atoms with Crippen LogP contribution in [0.5, 0.6) is 5.75 Å². The van der Waals surface area contributed by atoms with E-state index in [-0.39, 0.29) is 12.0 Å². The second-order valence-electron chi connectivity index (χ2n) is 6.24. The summed E-state index contributed by atoms with van der Waals surface area (Å²) in [5.41, 5.74) is 2.95. The largest absolute Gasteiger partial charge is 0.497 e. The van der Waals surface area contributed by atoms with Crippen LogP contribution in [0.4, 0.5) is 5.69 Å². The molecule has 3 aromatic rings. The minimum absolute atomic E-state index is 0.118. The lowest BCUT2D eigenvalue weighted by Crippen LogP contribution is -2.22. The van der Waals surface area contributed by atoms with E-state index in [1.165, 1.54) is 0 Å². The summed E-state index contributed by atoms with van der Waals surface area (Å²) in [6.45, 7) is 0.947. The van der Waals surface area contributed by atoms with E-state index in [0.717, 1.165) is 17.0 Å². The zero-order chi connectivity index (χ0) is 18.8. The number of aromatic nitrogens is 2. The molecule has 6 nitrogen and oxygen atoms in total. The fraction of sp³-hybridized carbons (Fsp3) is 0.200. The second-order valence-corrected chi connectivity index (χ2v) is 6.67. The minimum Gasteiger partial charge on any atom is -0.497 e. The Morgan fingerprint density at radius 3 is 2.67 bits per heavy atom. The van der Waals surface area contributed by atoms with Crippen molar-refractivity contribution >= 4 is 23.2 Å². The van der Waals surface area contributed by atoms with Gasteiger partial charge in [0.25, 0.3) is 5.91 Å². The first kappa shape index (κ1) is 17.6. The molecular formula is C20H18ClN3O3. The number of halogens is 1. The van der Waals surface area contributed by atoms with Gasteiger partial charge in [-0.15, -0.1) is 0 Å². The predicted molar refractivity (Wildman–Crippen MR) is 102 cm³/mol. The zero-order valence-corrected chi connectivity index (χ0v) is 15.4. The Labute approximate surface area is 161 Å². The van der Waals surface area contributed by atoms with Crippen LogP contribution in [0.2, 0.25) is 5.02 Å². The second kappa shape index (κ2) is 7.42. The monoisotopic (exact) mass is 383 g/mol. The molecule has 1 aromatic heterocycles. The Morgan fingerprint density at radius 1 is 1.22 bits per heavy atom. The van der Waals surface area contributed by atoms with Gasteiger partial charge in [0.15, 0.2) is 5.69 Å². The average molecular weight is 384 g/mol. The third-order valence-corrected chi connectivity index (χ3v) is 4.71. The van der Waals surface area contributed by atoms with E-state index in [1.54, 1.807) is 37.4 Å². The summed E-state index contributed by atoms with van der Waals surface area (Å²) in [5.74, 6) is 0.473. The number of hydrogen-bond donors (Lipinski definition) is 1. The molecule has 0 saturated heterocycles. The van der Waals surface area contributed by atoms with Gasteiger partial charge in [-0.05, 0) is 48.0 Å². The summed E-state index contributed by atoms with van der Waals surface area (Å²) in [6.07, 6.45) is -0.118. The topological polar surface area (TPSA) is 65.4 Å². The van der Waals surface area contributed by atoms with Gasteiger partial charge in [0.2, 0.25) is 0 Å². The van der Waals surface area contributed by atoms with Crippen LogP contribution >= 0.6 is 11.6 Å². The molecule has 1 aliphatic rings. The molecule has 7 heteroatoms. The Balaban J connectivity index is 1.47. The van der Waals surface area contributed by atoms with E-state index >= 15 is 0 Å². The van der Waals surface area contributed by atoms with Crippen LogP contribution < -0.4 is 10.1 Å². The van der Waals surface area contributed by atoms with Gasteiger partial charge < -0.3 is 14.8 Å². The van der Waals surface area contributed by atoms with E-state index in [0.29, 0.717) is 29.6 Å². The number of anilines is 1. The predicted octanol–water partition coefficient (Wildman–Crippen LogP) is 4.07. The van der Waals surface area contributed by atoms with Gasteiger partial charge in [0, 0.05) is 10.7 Å². The molecule has 0 aliphatic carbocycles. The van der Waals surface area contributed by atoms with E-state index in [4.69, 9.17) is 21.1 Å². The number of rotatable bonds is 4. The third-order valence-electron chi connectivity index (χ3n) is 4.46. The van der Waals surface area contributed by atoms with Crippen LogP contribution in [0.15, 0.2) is 54.6 Å². The van der Waals surface area contributed by atoms with Crippen LogP contribution in [0.1, 0.15) is 27.8 Å². The number of benzene rings is 2. The van der Waals surface area contributed by atoms with E-state index in [1.807, 2.05) is 28.9 Å². The van der Waals surface area contributed by atoms with Crippen molar-refractivity contribution in [3.63, 3.8) is 0 Å². The normalized spacial score (nSPS) is 15.9. The van der Waals surface area contributed by atoms with Crippen molar-refractivity contribution in [2.75, 3.05) is 12.4 Å². The molecule has 1 aliphatic heterocycles. The van der Waals surface area contributed by atoms with Gasteiger partial charge in [-0.1, -0.05) is 23.7 Å². The lowest BCUT2D eigenvalue weighted by atomic mass is 10.1. The molecule has 0 saturated carbocycles. The number of carbonyl (C=O) groups is 1. The molecule has 1 N–H and O–H groups in total. The molecule has 0 fully saturated rings. The Kier molecular flexibility index (Phi) is 4.83. The SMILES string of the molecule is COc1ccc(NC(=O)c2cc3n(n2)C[C@H](c2ccc(Cl)cc2)OC3)cc1. The van der Waals surface area contributed by atoms with Gasteiger partial charge >= 0.3 is 0 Å². The maximum absolute atomic E-state index is 12.5. The molecule has 138 valence electrons. The van der Waals surface area contributed by atoms with Crippen LogP contribution in [0.3, 0.4) is 0 Å². The summed E-state index contributed by atoms with van der Waals surface area (Å²) in [6, 6.07) is 16.5. The highest BCUT2D eigenvalue weighted by Gasteiger charge is 2.24. The van der Waals surface area contributed by atoms with Crippen LogP contribution in [0, 0.1) is 0 Å². The highest BCUT2D eigenvalue weighted by molar-refractivity contribution is 6.30. The number of nitrogens with one attached hydrogen (secondary N) is 1. The Morgan fingerprint density at radius 2 is 1.96 bits per heavy atom. The minimum atomic E-state index is -0.259. The first-order valence-corrected chi connectivity index (χ1v) is 8.89. The van der Waals surface area contributed by atoms with Crippen molar-refractivity contribution in [1.82, 2.24) is 9.78 Å². The fourth-order valence-electron chi connectivity index (χ4n) is 2.98. The molecule has 0 unspecified atom stereocenters. The molecule has 4 rings (SSSR count). The lowest BCUT2D eigenvalue weighted by molar-refractivity contribution is -0.00118. The Bertz CT molecular complexity index is 952. The number of ether oxygens (including phenoxy) is 2. The summed E-state index contributed by atoms with van der Waals surface area (Å²) >= 11 is 5.94. The maximum atomic E-state index is 12.5. The number of hydrogen-bond acceptors (Lipinski definition) is 4. The molecule has 2 heterocycles. The zero-order valence-electron chi connectivity index (χ0n) is 14.7. The molecule has 1 amide bonds. The van der Waals surface area contributed by atoms with Gasteiger partial charge in [0.05, 0.1) is 26.0 Å². The standard InChI is InChI=1S/C20H18ClN3O3/c1-26-17-8-6-15(7-9-17)22-20(25)18-10-16-12-27-19(11-24(16)23-18)13-2-4-14(21)5-3-13/h2-10,19H,11-12H2,1H3,(H,22,25)/t19-/m1/s1. The number of methoxy groups -OCH3 is 1. The highest BCUT2D eigenvalue weighted by atomic mass is 35.5. The van der Waals surface area contributed by atoms with Crippen molar-refractivity contribution in [2.24, 2.45) is 0 Å². The van der Waals surface area contributed by atoms with Crippen LogP contribution in [-0.4, -0.2) is 22.8 Å².